The number of benzene rings is 1. The largest absolute Gasteiger partial charge is 0.458 e. The Bertz CT molecular complexity index is 999. The summed E-state index contributed by atoms with van der Waals surface area (Å²) in [4.78, 5) is 23.1. The molecule has 7 nitrogen and oxygen atoms in total. The standard InChI is InChI=1S/C17H16N4O3/c1-8-14(9(2)21(3)20-8)10-4-5-12-11(6-10)7-13(24-12)15-16(22)19-17(23)18-15/h4-7,15H,1-3H3,(H2,18,19,22,23)/t15-/m0/s1. The van der Waals surface area contributed by atoms with E-state index in [1.807, 2.05) is 43.8 Å². The number of amides is 3. The van der Waals surface area contributed by atoms with Crippen LogP contribution in [0.2, 0.25) is 0 Å². The van der Waals surface area contributed by atoms with Crippen LogP contribution in [0.3, 0.4) is 0 Å². The maximum absolute atomic E-state index is 11.8. The van der Waals surface area contributed by atoms with Crippen molar-refractivity contribution in [1.29, 1.82) is 0 Å². The van der Waals surface area contributed by atoms with Crippen LogP contribution in [0.15, 0.2) is 28.7 Å². The van der Waals surface area contributed by atoms with E-state index in [9.17, 15) is 9.59 Å². The first-order chi connectivity index (χ1) is 11.4. The lowest BCUT2D eigenvalue weighted by molar-refractivity contribution is -0.120. The van der Waals surface area contributed by atoms with E-state index in [-0.39, 0.29) is 0 Å². The molecule has 0 unspecified atom stereocenters. The minimum atomic E-state index is -0.782. The normalized spacial score (nSPS) is 17.4. The van der Waals surface area contributed by atoms with Crippen molar-refractivity contribution < 1.29 is 14.0 Å². The number of urea groups is 1. The number of aryl methyl sites for hydroxylation is 2. The van der Waals surface area contributed by atoms with Crippen molar-refractivity contribution in [2.24, 2.45) is 7.05 Å². The van der Waals surface area contributed by atoms with Crippen molar-refractivity contribution in [2.75, 3.05) is 0 Å². The molecule has 0 spiro atoms. The van der Waals surface area contributed by atoms with Gasteiger partial charge in [-0.2, -0.15) is 5.10 Å². The van der Waals surface area contributed by atoms with Gasteiger partial charge in [0.1, 0.15) is 11.3 Å². The zero-order valence-electron chi connectivity index (χ0n) is 13.5. The lowest BCUT2D eigenvalue weighted by Crippen LogP contribution is -2.22. The summed E-state index contributed by atoms with van der Waals surface area (Å²) in [5.74, 6) is 0.0170. The van der Waals surface area contributed by atoms with Gasteiger partial charge in [-0.1, -0.05) is 6.07 Å². The second-order valence-electron chi connectivity index (χ2n) is 5.97. The zero-order valence-corrected chi connectivity index (χ0v) is 13.5. The molecule has 1 fully saturated rings. The molecule has 1 aliphatic rings. The number of fused-ring (bicyclic) bond motifs is 1. The van der Waals surface area contributed by atoms with Gasteiger partial charge in [0, 0.05) is 23.7 Å². The van der Waals surface area contributed by atoms with E-state index in [0.717, 1.165) is 27.9 Å². The first-order valence-electron chi connectivity index (χ1n) is 7.59. The number of hydrogen-bond acceptors (Lipinski definition) is 4. The third kappa shape index (κ3) is 2.09. The molecule has 1 saturated heterocycles. The predicted octanol–water partition coefficient (Wildman–Crippen LogP) is 2.33. The molecule has 0 radical (unpaired) electrons. The SMILES string of the molecule is Cc1nn(C)c(C)c1-c1ccc2oc([C@@H]3NC(=O)NC3=O)cc2c1. The molecule has 0 aliphatic carbocycles. The summed E-state index contributed by atoms with van der Waals surface area (Å²) >= 11 is 0. The minimum Gasteiger partial charge on any atom is -0.458 e. The number of nitrogens with one attached hydrogen (secondary N) is 2. The molecule has 1 atom stereocenters. The van der Waals surface area contributed by atoms with E-state index in [0.29, 0.717) is 11.3 Å². The average molecular weight is 324 g/mol. The van der Waals surface area contributed by atoms with Gasteiger partial charge in [0.05, 0.1) is 5.69 Å². The topological polar surface area (TPSA) is 89.2 Å². The van der Waals surface area contributed by atoms with Crippen molar-refractivity contribution in [2.45, 2.75) is 19.9 Å². The summed E-state index contributed by atoms with van der Waals surface area (Å²) < 4.78 is 7.59. The van der Waals surface area contributed by atoms with Crippen LogP contribution in [0.25, 0.3) is 22.1 Å². The Balaban J connectivity index is 1.79. The fraction of sp³-hybridized carbons (Fsp3) is 0.235. The number of rotatable bonds is 2. The number of aromatic nitrogens is 2. The number of furan rings is 1. The average Bonchev–Trinajstić information content (AvgIpc) is 3.15. The Kier molecular flexibility index (Phi) is 2.99. The molecule has 2 N–H and O–H groups in total. The second kappa shape index (κ2) is 4.95. The number of carbonyl (C=O) groups is 2. The van der Waals surface area contributed by atoms with E-state index in [2.05, 4.69) is 15.7 Å². The first kappa shape index (κ1) is 14.5. The molecule has 3 heterocycles. The molecule has 0 bridgehead atoms. The highest BCUT2D eigenvalue weighted by Crippen LogP contribution is 2.32. The summed E-state index contributed by atoms with van der Waals surface area (Å²) in [6, 6.07) is 6.35. The van der Waals surface area contributed by atoms with Crippen molar-refractivity contribution in [3.8, 4) is 11.1 Å². The van der Waals surface area contributed by atoms with Crippen molar-refractivity contribution in [3.63, 3.8) is 0 Å². The Labute approximate surface area is 137 Å². The van der Waals surface area contributed by atoms with Crippen LogP contribution in [0.1, 0.15) is 23.2 Å². The van der Waals surface area contributed by atoms with Crippen LogP contribution in [0.5, 0.6) is 0 Å². The van der Waals surface area contributed by atoms with Gasteiger partial charge in [0.2, 0.25) is 0 Å². The Hall–Kier alpha value is -3.09. The molecule has 1 aromatic carbocycles. The molecule has 4 rings (SSSR count). The fourth-order valence-electron chi connectivity index (χ4n) is 3.17. The fourth-order valence-corrected chi connectivity index (χ4v) is 3.17. The van der Waals surface area contributed by atoms with Gasteiger partial charge in [-0.25, -0.2) is 4.79 Å². The van der Waals surface area contributed by atoms with Crippen LogP contribution in [-0.2, 0) is 11.8 Å². The van der Waals surface area contributed by atoms with Crippen LogP contribution < -0.4 is 10.6 Å². The van der Waals surface area contributed by atoms with Gasteiger partial charge in [0.15, 0.2) is 6.04 Å². The maximum Gasteiger partial charge on any atom is 0.322 e. The van der Waals surface area contributed by atoms with Gasteiger partial charge < -0.3 is 9.73 Å². The van der Waals surface area contributed by atoms with Gasteiger partial charge in [0.25, 0.3) is 5.91 Å². The lowest BCUT2D eigenvalue weighted by atomic mass is 10.0. The van der Waals surface area contributed by atoms with Gasteiger partial charge in [-0.05, 0) is 37.6 Å². The first-order valence-corrected chi connectivity index (χ1v) is 7.59. The smallest absolute Gasteiger partial charge is 0.322 e. The summed E-state index contributed by atoms with van der Waals surface area (Å²) in [5, 5.41) is 10.1. The van der Waals surface area contributed by atoms with E-state index >= 15 is 0 Å². The zero-order chi connectivity index (χ0) is 17.0. The van der Waals surface area contributed by atoms with Gasteiger partial charge >= 0.3 is 6.03 Å². The third-order valence-corrected chi connectivity index (χ3v) is 4.39. The predicted molar refractivity (Wildman–Crippen MR) is 87.3 cm³/mol. The molecule has 122 valence electrons. The van der Waals surface area contributed by atoms with Crippen LogP contribution in [0, 0.1) is 13.8 Å². The van der Waals surface area contributed by atoms with Crippen LogP contribution in [-0.4, -0.2) is 21.7 Å². The summed E-state index contributed by atoms with van der Waals surface area (Å²) in [6.45, 7) is 4.00. The highest BCUT2D eigenvalue weighted by molar-refractivity contribution is 6.04. The summed E-state index contributed by atoms with van der Waals surface area (Å²) in [5.41, 5.74) is 4.84. The lowest BCUT2D eigenvalue weighted by Gasteiger charge is -2.02. The summed E-state index contributed by atoms with van der Waals surface area (Å²) in [7, 11) is 1.92. The van der Waals surface area contributed by atoms with E-state index in [1.54, 1.807) is 6.07 Å². The van der Waals surface area contributed by atoms with Crippen molar-refractivity contribution >= 4 is 22.9 Å². The number of hydrogen-bond donors (Lipinski definition) is 2. The van der Waals surface area contributed by atoms with E-state index in [1.165, 1.54) is 0 Å². The molecular weight excluding hydrogens is 308 g/mol. The second-order valence-corrected chi connectivity index (χ2v) is 5.97. The van der Waals surface area contributed by atoms with Gasteiger partial charge in [-0.15, -0.1) is 0 Å². The molecule has 24 heavy (non-hydrogen) atoms. The highest BCUT2D eigenvalue weighted by atomic mass is 16.3. The number of carbonyl (C=O) groups excluding carboxylic acids is 2. The van der Waals surface area contributed by atoms with Crippen LogP contribution >= 0.6 is 0 Å². The van der Waals surface area contributed by atoms with Gasteiger partial charge in [-0.3, -0.25) is 14.8 Å². The summed E-state index contributed by atoms with van der Waals surface area (Å²) in [6.07, 6.45) is 0. The number of imide groups is 1. The Morgan fingerprint density at radius 2 is 2.00 bits per heavy atom. The molecule has 1 aliphatic heterocycles. The Morgan fingerprint density at radius 3 is 2.62 bits per heavy atom. The minimum absolute atomic E-state index is 0.404. The van der Waals surface area contributed by atoms with Crippen molar-refractivity contribution in [3.05, 3.63) is 41.4 Å². The molecule has 2 aromatic heterocycles. The molecule has 7 heteroatoms. The molecule has 3 amide bonds. The third-order valence-electron chi connectivity index (χ3n) is 4.39. The quantitative estimate of drug-likeness (QED) is 0.708. The number of nitrogens with zero attached hydrogens (tertiary/aromatic N) is 2. The monoisotopic (exact) mass is 324 g/mol. The molecular formula is C17H16N4O3. The van der Waals surface area contributed by atoms with Crippen LogP contribution in [0.4, 0.5) is 4.79 Å². The highest BCUT2D eigenvalue weighted by Gasteiger charge is 2.33. The van der Waals surface area contributed by atoms with E-state index in [4.69, 9.17) is 4.42 Å². The maximum atomic E-state index is 11.8. The Morgan fingerprint density at radius 1 is 1.21 bits per heavy atom. The molecule has 0 saturated carbocycles. The van der Waals surface area contributed by atoms with Crippen molar-refractivity contribution in [1.82, 2.24) is 20.4 Å². The molecule has 3 aromatic rings. The van der Waals surface area contributed by atoms with E-state index < -0.39 is 18.0 Å².